The number of rotatable bonds is 9. The van der Waals surface area contributed by atoms with Crippen LogP contribution >= 0.6 is 11.8 Å². The third kappa shape index (κ3) is 5.74. The smallest absolute Gasteiger partial charge is 0.236 e. The van der Waals surface area contributed by atoms with Crippen molar-refractivity contribution in [2.75, 3.05) is 11.1 Å². The first-order valence-corrected chi connectivity index (χ1v) is 14.3. The van der Waals surface area contributed by atoms with Crippen molar-refractivity contribution in [1.29, 1.82) is 5.26 Å². The Morgan fingerprint density at radius 2 is 1.51 bits per heavy atom. The molecule has 5 rings (SSSR count). The largest absolute Gasteiger partial charge is 0.309 e. The first-order chi connectivity index (χ1) is 19.0. The Morgan fingerprint density at radius 3 is 2.15 bits per heavy atom. The zero-order valence-electron chi connectivity index (χ0n) is 20.4. The van der Waals surface area contributed by atoms with Crippen molar-refractivity contribution in [2.24, 2.45) is 0 Å². The zero-order valence-corrected chi connectivity index (χ0v) is 22.0. The number of benzene rings is 3. The fourth-order valence-corrected chi connectivity index (χ4v) is 5.85. The van der Waals surface area contributed by atoms with E-state index in [4.69, 9.17) is 0 Å². The van der Waals surface area contributed by atoms with Crippen molar-refractivity contribution in [2.45, 2.75) is 15.8 Å². The van der Waals surface area contributed by atoms with E-state index in [1.807, 2.05) is 66.7 Å². The minimum Gasteiger partial charge on any atom is -0.309 e. The molecule has 5 aromatic rings. The number of nitrogens with zero attached hydrogens (tertiary/aromatic N) is 6. The van der Waals surface area contributed by atoms with Gasteiger partial charge in [-0.3, -0.25) is 9.36 Å². The predicted octanol–water partition coefficient (Wildman–Crippen LogP) is 4.03. The van der Waals surface area contributed by atoms with Gasteiger partial charge >= 0.3 is 0 Å². The van der Waals surface area contributed by atoms with E-state index < -0.39 is 15.7 Å². The van der Waals surface area contributed by atoms with Crippen LogP contribution in [0.1, 0.15) is 11.4 Å². The molecule has 0 saturated carbocycles. The molecule has 12 heteroatoms. The van der Waals surface area contributed by atoms with Crippen LogP contribution in [0.15, 0.2) is 107 Å². The number of hydrogen-bond acceptors (Lipinski definition) is 8. The van der Waals surface area contributed by atoms with Gasteiger partial charge in [-0.15, -0.1) is 10.2 Å². The van der Waals surface area contributed by atoms with Gasteiger partial charge < -0.3 is 5.32 Å². The van der Waals surface area contributed by atoms with Crippen LogP contribution < -0.4 is 5.32 Å². The van der Waals surface area contributed by atoms with Gasteiger partial charge in [0, 0.05) is 5.69 Å². The number of thioether (sulfide) groups is 1. The van der Waals surface area contributed by atoms with Gasteiger partial charge in [-0.2, -0.15) is 10.4 Å². The third-order valence-electron chi connectivity index (χ3n) is 5.62. The third-order valence-corrected chi connectivity index (χ3v) is 8.17. The number of amides is 1. The average molecular weight is 556 g/mol. The lowest BCUT2D eigenvalue weighted by Crippen LogP contribution is -2.18. The van der Waals surface area contributed by atoms with Gasteiger partial charge in [0.2, 0.25) is 5.91 Å². The standard InChI is InChI=1S/C27H21N7O3S2/c28-16-20-17-29-34(22-12-6-2-7-13-22)26(20)30-25(35)18-38-27-32-31-24(33(27)21-10-4-1-5-11-21)19-39(36,37)23-14-8-3-9-15-23/h1-15,17H,18-19H2,(H,30,35). The molecule has 0 fully saturated rings. The molecule has 194 valence electrons. The number of anilines is 1. The lowest BCUT2D eigenvalue weighted by Gasteiger charge is -2.11. The van der Waals surface area contributed by atoms with E-state index in [-0.39, 0.29) is 33.6 Å². The summed E-state index contributed by atoms with van der Waals surface area (Å²) in [7, 11) is -3.69. The molecule has 2 aromatic heterocycles. The van der Waals surface area contributed by atoms with Gasteiger partial charge in [-0.25, -0.2) is 13.1 Å². The van der Waals surface area contributed by atoms with Gasteiger partial charge in [-0.1, -0.05) is 66.4 Å². The average Bonchev–Trinajstić information content (AvgIpc) is 3.56. The highest BCUT2D eigenvalue weighted by Crippen LogP contribution is 2.26. The maximum atomic E-state index is 13.1. The van der Waals surface area contributed by atoms with E-state index in [0.717, 1.165) is 11.8 Å². The summed E-state index contributed by atoms with van der Waals surface area (Å²) in [6, 6.07) is 28.4. The molecule has 0 aliphatic rings. The van der Waals surface area contributed by atoms with Crippen LogP contribution in [0.25, 0.3) is 11.4 Å². The monoisotopic (exact) mass is 555 g/mol. The molecule has 0 aliphatic carbocycles. The van der Waals surface area contributed by atoms with Crippen molar-refractivity contribution < 1.29 is 13.2 Å². The molecule has 0 unspecified atom stereocenters. The van der Waals surface area contributed by atoms with Crippen molar-refractivity contribution in [3.63, 3.8) is 0 Å². The van der Waals surface area contributed by atoms with Crippen molar-refractivity contribution in [3.8, 4) is 17.4 Å². The minimum absolute atomic E-state index is 0.0682. The van der Waals surface area contributed by atoms with Crippen LogP contribution in [0.2, 0.25) is 0 Å². The van der Waals surface area contributed by atoms with Crippen molar-refractivity contribution in [3.05, 3.63) is 109 Å². The molecule has 0 atom stereocenters. The van der Waals surface area contributed by atoms with E-state index in [9.17, 15) is 18.5 Å². The fourth-order valence-electron chi connectivity index (χ4n) is 3.82. The molecule has 10 nitrogen and oxygen atoms in total. The maximum absolute atomic E-state index is 13.1. The number of carbonyl (C=O) groups is 1. The predicted molar refractivity (Wildman–Crippen MR) is 146 cm³/mol. The second-order valence-corrected chi connectivity index (χ2v) is 11.2. The summed E-state index contributed by atoms with van der Waals surface area (Å²) in [6.07, 6.45) is 1.39. The summed E-state index contributed by atoms with van der Waals surface area (Å²) < 4.78 is 29.2. The van der Waals surface area contributed by atoms with Crippen LogP contribution in [-0.2, 0) is 20.4 Å². The van der Waals surface area contributed by atoms with E-state index in [1.54, 1.807) is 22.8 Å². The van der Waals surface area contributed by atoms with Crippen molar-refractivity contribution >= 4 is 33.3 Å². The van der Waals surface area contributed by atoms with E-state index in [0.29, 0.717) is 16.5 Å². The topological polar surface area (TPSA) is 136 Å². The van der Waals surface area contributed by atoms with Crippen LogP contribution in [0.5, 0.6) is 0 Å². The molecular formula is C27H21N7O3S2. The number of hydrogen-bond donors (Lipinski definition) is 1. The van der Waals surface area contributed by atoms with E-state index >= 15 is 0 Å². The summed E-state index contributed by atoms with van der Waals surface area (Å²) in [5.74, 6) is -0.347. The lowest BCUT2D eigenvalue weighted by molar-refractivity contribution is -0.113. The molecule has 0 saturated heterocycles. The summed E-state index contributed by atoms with van der Waals surface area (Å²) in [5, 5.41) is 25.2. The Bertz CT molecular complexity index is 1750. The number of para-hydroxylation sites is 2. The zero-order chi connectivity index (χ0) is 27.2. The van der Waals surface area contributed by atoms with Gasteiger partial charge in [0.1, 0.15) is 17.4 Å². The number of nitriles is 1. The highest BCUT2D eigenvalue weighted by atomic mass is 32.2. The van der Waals surface area contributed by atoms with Gasteiger partial charge in [0.15, 0.2) is 26.6 Å². The number of carbonyl (C=O) groups excluding carboxylic acids is 1. The second kappa shape index (κ2) is 11.3. The highest BCUT2D eigenvalue weighted by Gasteiger charge is 2.23. The Morgan fingerprint density at radius 1 is 0.897 bits per heavy atom. The Balaban J connectivity index is 1.39. The molecular weight excluding hydrogens is 534 g/mol. The molecule has 0 radical (unpaired) electrons. The lowest BCUT2D eigenvalue weighted by atomic mass is 10.3. The van der Waals surface area contributed by atoms with Crippen molar-refractivity contribution in [1.82, 2.24) is 24.5 Å². The second-order valence-electron chi connectivity index (χ2n) is 8.24. The van der Waals surface area contributed by atoms with Gasteiger partial charge in [0.05, 0.1) is 22.5 Å². The number of nitrogens with one attached hydrogen (secondary N) is 1. The van der Waals surface area contributed by atoms with Crippen LogP contribution in [0.3, 0.4) is 0 Å². The fraction of sp³-hybridized carbons (Fsp3) is 0.0741. The molecule has 1 N–H and O–H groups in total. The van der Waals surface area contributed by atoms with Crippen LogP contribution in [0.4, 0.5) is 5.82 Å². The maximum Gasteiger partial charge on any atom is 0.236 e. The van der Waals surface area contributed by atoms with Crippen LogP contribution in [0, 0.1) is 11.3 Å². The quantitative estimate of drug-likeness (QED) is 0.269. The molecule has 0 bridgehead atoms. The first-order valence-electron chi connectivity index (χ1n) is 11.7. The Labute approximate surface area is 228 Å². The molecule has 0 aliphatic heterocycles. The summed E-state index contributed by atoms with van der Waals surface area (Å²) in [5.41, 5.74) is 1.57. The normalized spacial score (nSPS) is 11.2. The summed E-state index contributed by atoms with van der Waals surface area (Å²) >= 11 is 1.10. The SMILES string of the molecule is N#Cc1cnn(-c2ccccc2)c1NC(=O)CSc1nnc(CS(=O)(=O)c2ccccc2)n1-c1ccccc1. The summed E-state index contributed by atoms with van der Waals surface area (Å²) in [4.78, 5) is 13.2. The van der Waals surface area contributed by atoms with Gasteiger partial charge in [0.25, 0.3) is 0 Å². The summed E-state index contributed by atoms with van der Waals surface area (Å²) in [6.45, 7) is 0. The van der Waals surface area contributed by atoms with Crippen LogP contribution in [-0.4, -0.2) is 44.6 Å². The van der Waals surface area contributed by atoms with E-state index in [2.05, 4.69) is 20.6 Å². The molecule has 3 aromatic carbocycles. The Hall–Kier alpha value is -4.73. The molecule has 39 heavy (non-hydrogen) atoms. The Kier molecular flexibility index (Phi) is 7.53. The molecule has 2 heterocycles. The van der Waals surface area contributed by atoms with Gasteiger partial charge in [-0.05, 0) is 36.4 Å². The highest BCUT2D eigenvalue weighted by molar-refractivity contribution is 7.99. The number of aromatic nitrogens is 5. The molecule has 1 amide bonds. The van der Waals surface area contributed by atoms with E-state index in [1.165, 1.54) is 23.0 Å². The minimum atomic E-state index is -3.69. The first kappa shape index (κ1) is 25.9. The number of sulfone groups is 1. The molecule has 0 spiro atoms.